The quantitative estimate of drug-likeness (QED) is 0.810. The van der Waals surface area contributed by atoms with E-state index < -0.39 is 11.6 Å². The van der Waals surface area contributed by atoms with Crippen LogP contribution >= 0.6 is 27.3 Å². The Morgan fingerprint density at radius 2 is 2.18 bits per heavy atom. The Morgan fingerprint density at radius 3 is 2.86 bits per heavy atom. The molecule has 7 heteroatoms. The first kappa shape index (κ1) is 15.3. The fourth-order valence-electron chi connectivity index (χ4n) is 2.27. The van der Waals surface area contributed by atoms with Gasteiger partial charge in [-0.05, 0) is 30.2 Å². The molecule has 1 atom stereocenters. The average Bonchev–Trinajstić information content (AvgIpc) is 3.07. The molecular weight excluding hydrogens is 372 g/mol. The summed E-state index contributed by atoms with van der Waals surface area (Å²) in [6, 6.07) is 2.34. The minimum Gasteiger partial charge on any atom is -0.341 e. The molecule has 3 rings (SSSR count). The molecule has 0 saturated heterocycles. The highest BCUT2D eigenvalue weighted by atomic mass is 79.9. The number of amidine groups is 1. The molecule has 3 nitrogen and oxygen atoms in total. The Hall–Kier alpha value is -1.60. The lowest BCUT2D eigenvalue weighted by Gasteiger charge is -2.22. The standard InChI is InChI=1S/C15H12BrF2N3S/c1-8-10(2-3-11(17)13(8)18)12-6-9(7-16)20-14(21-12)15-19-4-5-22-15/h2-6,12H,7H2,1H3,(H,20,21)/t12-/m0/s1. The first-order chi connectivity index (χ1) is 10.6. The van der Waals surface area contributed by atoms with Crippen LogP contribution in [-0.4, -0.2) is 16.1 Å². The van der Waals surface area contributed by atoms with Crippen molar-refractivity contribution in [3.05, 3.63) is 63.3 Å². The molecule has 114 valence electrons. The van der Waals surface area contributed by atoms with Crippen LogP contribution in [0.5, 0.6) is 0 Å². The van der Waals surface area contributed by atoms with Crippen LogP contribution in [0.4, 0.5) is 8.78 Å². The number of nitrogens with one attached hydrogen (secondary N) is 1. The van der Waals surface area contributed by atoms with Crippen molar-refractivity contribution in [2.75, 3.05) is 5.33 Å². The molecule has 1 N–H and O–H groups in total. The molecule has 2 aromatic rings. The van der Waals surface area contributed by atoms with E-state index >= 15 is 0 Å². The Labute approximate surface area is 138 Å². The van der Waals surface area contributed by atoms with Gasteiger partial charge in [0.25, 0.3) is 0 Å². The molecule has 0 aliphatic carbocycles. The largest absolute Gasteiger partial charge is 0.341 e. The van der Waals surface area contributed by atoms with Gasteiger partial charge in [-0.25, -0.2) is 13.8 Å². The number of alkyl halides is 1. The van der Waals surface area contributed by atoms with Crippen LogP contribution in [0.3, 0.4) is 0 Å². The van der Waals surface area contributed by atoms with Crippen LogP contribution in [0.25, 0.3) is 0 Å². The van der Waals surface area contributed by atoms with Gasteiger partial charge in [0.1, 0.15) is 0 Å². The topological polar surface area (TPSA) is 37.3 Å². The smallest absolute Gasteiger partial charge is 0.163 e. The minimum absolute atomic E-state index is 0.277. The van der Waals surface area contributed by atoms with Gasteiger partial charge in [0.15, 0.2) is 22.5 Å². The van der Waals surface area contributed by atoms with Gasteiger partial charge in [-0.2, -0.15) is 0 Å². The summed E-state index contributed by atoms with van der Waals surface area (Å²) in [5.74, 6) is -1.03. The molecular formula is C15H12BrF2N3S. The van der Waals surface area contributed by atoms with E-state index in [1.807, 2.05) is 11.5 Å². The highest BCUT2D eigenvalue weighted by molar-refractivity contribution is 9.09. The van der Waals surface area contributed by atoms with E-state index in [4.69, 9.17) is 0 Å². The third-order valence-electron chi connectivity index (χ3n) is 3.38. The van der Waals surface area contributed by atoms with Crippen LogP contribution in [0.1, 0.15) is 22.2 Å². The summed E-state index contributed by atoms with van der Waals surface area (Å²) in [4.78, 5) is 8.83. The van der Waals surface area contributed by atoms with Crippen molar-refractivity contribution in [2.45, 2.75) is 13.0 Å². The van der Waals surface area contributed by atoms with E-state index in [1.54, 1.807) is 19.2 Å². The molecule has 0 amide bonds. The van der Waals surface area contributed by atoms with Crippen LogP contribution in [-0.2, 0) is 0 Å². The van der Waals surface area contributed by atoms with E-state index in [0.29, 0.717) is 16.7 Å². The fourth-order valence-corrected chi connectivity index (χ4v) is 3.18. The van der Waals surface area contributed by atoms with E-state index in [-0.39, 0.29) is 11.6 Å². The predicted molar refractivity (Wildman–Crippen MR) is 87.5 cm³/mol. The average molecular weight is 384 g/mol. The van der Waals surface area contributed by atoms with Crippen LogP contribution < -0.4 is 5.32 Å². The molecule has 0 unspecified atom stereocenters. The second-order valence-corrected chi connectivity index (χ2v) is 6.24. The summed E-state index contributed by atoms with van der Waals surface area (Å²) in [6.45, 7) is 1.57. The number of rotatable bonds is 3. The number of hydrogen-bond acceptors (Lipinski definition) is 4. The monoisotopic (exact) mass is 383 g/mol. The highest BCUT2D eigenvalue weighted by Gasteiger charge is 2.22. The Bertz CT molecular complexity index is 756. The molecule has 0 fully saturated rings. The van der Waals surface area contributed by atoms with Gasteiger partial charge < -0.3 is 5.32 Å². The van der Waals surface area contributed by atoms with Crippen LogP contribution in [0, 0.1) is 18.6 Å². The van der Waals surface area contributed by atoms with E-state index in [1.165, 1.54) is 11.3 Å². The lowest BCUT2D eigenvalue weighted by atomic mass is 9.99. The van der Waals surface area contributed by atoms with Crippen molar-refractivity contribution in [1.29, 1.82) is 0 Å². The second kappa shape index (κ2) is 6.26. The van der Waals surface area contributed by atoms with Crippen LogP contribution in [0.2, 0.25) is 0 Å². The number of thiazole rings is 1. The van der Waals surface area contributed by atoms with Crippen molar-refractivity contribution < 1.29 is 8.78 Å². The lowest BCUT2D eigenvalue weighted by molar-refractivity contribution is 0.500. The van der Waals surface area contributed by atoms with Crippen LogP contribution in [0.15, 0.2) is 40.5 Å². The molecule has 22 heavy (non-hydrogen) atoms. The SMILES string of the molecule is Cc1c([C@@H]2C=C(CBr)NC(c3nccs3)=N2)ccc(F)c1F. The molecule has 1 aliphatic heterocycles. The maximum absolute atomic E-state index is 13.8. The zero-order valence-corrected chi connectivity index (χ0v) is 14.0. The van der Waals surface area contributed by atoms with E-state index in [0.717, 1.165) is 16.8 Å². The highest BCUT2D eigenvalue weighted by Crippen LogP contribution is 2.29. The van der Waals surface area contributed by atoms with E-state index in [2.05, 4.69) is 31.2 Å². The molecule has 0 bridgehead atoms. The normalized spacial score (nSPS) is 17.7. The Kier molecular flexibility index (Phi) is 4.35. The maximum Gasteiger partial charge on any atom is 0.163 e. The molecule has 0 radical (unpaired) electrons. The fraction of sp³-hybridized carbons (Fsp3) is 0.200. The maximum atomic E-state index is 13.8. The zero-order valence-electron chi connectivity index (χ0n) is 11.6. The van der Waals surface area contributed by atoms with Crippen molar-refractivity contribution >= 4 is 33.1 Å². The van der Waals surface area contributed by atoms with Crippen molar-refractivity contribution in [2.24, 2.45) is 4.99 Å². The molecule has 1 aromatic heterocycles. The summed E-state index contributed by atoms with van der Waals surface area (Å²) in [5, 5.41) is 6.43. The summed E-state index contributed by atoms with van der Waals surface area (Å²) >= 11 is 4.88. The van der Waals surface area contributed by atoms with Gasteiger partial charge in [-0.3, -0.25) is 4.99 Å². The Balaban J connectivity index is 2.06. The molecule has 1 aliphatic rings. The third kappa shape index (κ3) is 2.83. The predicted octanol–water partition coefficient (Wildman–Crippen LogP) is 4.10. The van der Waals surface area contributed by atoms with Crippen molar-refractivity contribution in [1.82, 2.24) is 10.3 Å². The summed E-state index contributed by atoms with van der Waals surface area (Å²) in [7, 11) is 0. The number of benzene rings is 1. The third-order valence-corrected chi connectivity index (χ3v) is 4.77. The number of allylic oxidation sites excluding steroid dienone is 1. The summed E-state index contributed by atoms with van der Waals surface area (Å²) in [6.07, 6.45) is 3.60. The second-order valence-electron chi connectivity index (χ2n) is 4.79. The number of halogens is 3. The van der Waals surface area contributed by atoms with Gasteiger partial charge in [-0.15, -0.1) is 11.3 Å². The number of nitrogens with zero attached hydrogens (tertiary/aromatic N) is 2. The van der Waals surface area contributed by atoms with Gasteiger partial charge in [0.2, 0.25) is 0 Å². The minimum atomic E-state index is -0.844. The van der Waals surface area contributed by atoms with E-state index in [9.17, 15) is 8.78 Å². The number of aromatic nitrogens is 1. The molecule has 2 heterocycles. The van der Waals surface area contributed by atoms with Gasteiger partial charge >= 0.3 is 0 Å². The van der Waals surface area contributed by atoms with Gasteiger partial charge in [0.05, 0.1) is 6.04 Å². The molecule has 0 saturated carbocycles. The number of aliphatic imine (C=N–C) groups is 1. The van der Waals surface area contributed by atoms with Gasteiger partial charge in [0, 0.05) is 22.6 Å². The first-order valence-electron chi connectivity index (χ1n) is 6.56. The number of hydrogen-bond donors (Lipinski definition) is 1. The zero-order chi connectivity index (χ0) is 15.7. The first-order valence-corrected chi connectivity index (χ1v) is 8.56. The summed E-state index contributed by atoms with van der Waals surface area (Å²) in [5.41, 5.74) is 1.83. The molecule has 1 aromatic carbocycles. The molecule has 0 spiro atoms. The van der Waals surface area contributed by atoms with Crippen molar-refractivity contribution in [3.63, 3.8) is 0 Å². The van der Waals surface area contributed by atoms with Crippen molar-refractivity contribution in [3.8, 4) is 0 Å². The Morgan fingerprint density at radius 1 is 1.36 bits per heavy atom. The summed E-state index contributed by atoms with van der Waals surface area (Å²) < 4.78 is 27.1. The lowest BCUT2D eigenvalue weighted by Crippen LogP contribution is -2.29. The van der Waals surface area contributed by atoms with Gasteiger partial charge in [-0.1, -0.05) is 22.0 Å².